The Labute approximate surface area is 170 Å². The Morgan fingerprint density at radius 1 is 1.17 bits per heavy atom. The third-order valence-corrected chi connectivity index (χ3v) is 5.01. The number of nitrogens with zero attached hydrogens (tertiary/aromatic N) is 2. The third-order valence-electron chi connectivity index (χ3n) is 4.01. The highest BCUT2D eigenvalue weighted by Gasteiger charge is 2.31. The van der Waals surface area contributed by atoms with E-state index in [1.54, 1.807) is 12.3 Å². The Morgan fingerprint density at radius 3 is 2.55 bits per heavy atom. The fourth-order valence-corrected chi connectivity index (χ4v) is 3.32. The van der Waals surface area contributed by atoms with E-state index in [9.17, 15) is 18.4 Å². The molecule has 148 valence electrons. The molecule has 29 heavy (non-hydrogen) atoms. The van der Waals surface area contributed by atoms with Crippen LogP contribution in [0.25, 0.3) is 5.57 Å². The number of hydrogen-bond acceptors (Lipinski definition) is 5. The lowest BCUT2D eigenvalue weighted by atomic mass is 10.1. The van der Waals surface area contributed by atoms with Crippen LogP contribution in [0.3, 0.4) is 0 Å². The van der Waals surface area contributed by atoms with E-state index >= 15 is 0 Å². The van der Waals surface area contributed by atoms with Crippen LogP contribution in [0, 0.1) is 18.3 Å². The largest absolute Gasteiger partial charge is 0.416 e. The number of alkyl halides is 3. The van der Waals surface area contributed by atoms with Crippen molar-refractivity contribution in [2.45, 2.75) is 19.6 Å². The molecule has 3 aromatic rings. The molecule has 0 radical (unpaired) electrons. The van der Waals surface area contributed by atoms with E-state index in [4.69, 9.17) is 0 Å². The first-order valence-corrected chi connectivity index (χ1v) is 9.53. The molecule has 0 amide bonds. The molecular weight excluding hydrogens is 397 g/mol. The number of rotatable bonds is 6. The van der Waals surface area contributed by atoms with Crippen molar-refractivity contribution in [2.24, 2.45) is 0 Å². The normalized spacial score (nSPS) is 11.8. The van der Waals surface area contributed by atoms with Crippen LogP contribution in [0.15, 0.2) is 60.1 Å². The number of nitrogens with one attached hydrogen (secondary N) is 2. The topological polar surface area (TPSA) is 60.7 Å². The van der Waals surface area contributed by atoms with Gasteiger partial charge in [-0.1, -0.05) is 30.3 Å². The van der Waals surface area contributed by atoms with Crippen molar-refractivity contribution in [1.29, 1.82) is 5.26 Å². The minimum atomic E-state index is -4.47. The van der Waals surface area contributed by atoms with E-state index in [1.807, 2.05) is 36.4 Å². The number of aryl methyl sites for hydroxylation is 1. The lowest BCUT2D eigenvalue weighted by Gasteiger charge is -2.15. The van der Waals surface area contributed by atoms with Gasteiger partial charge in [-0.2, -0.15) is 18.4 Å². The Hall–Kier alpha value is -3.31. The van der Waals surface area contributed by atoms with Gasteiger partial charge in [0.1, 0.15) is 16.6 Å². The lowest BCUT2D eigenvalue weighted by Crippen LogP contribution is -2.08. The highest BCUT2D eigenvalue weighted by atomic mass is 32.1. The van der Waals surface area contributed by atoms with E-state index in [0.29, 0.717) is 17.2 Å². The van der Waals surface area contributed by atoms with Gasteiger partial charge in [0.25, 0.3) is 0 Å². The van der Waals surface area contributed by atoms with Crippen LogP contribution >= 0.6 is 11.3 Å². The minimum absolute atomic E-state index is 0.219. The first-order chi connectivity index (χ1) is 13.9. The monoisotopic (exact) mass is 414 g/mol. The average Bonchev–Trinajstić information content (AvgIpc) is 3.13. The Kier molecular flexibility index (Phi) is 6.20. The van der Waals surface area contributed by atoms with Crippen LogP contribution < -0.4 is 10.6 Å². The molecule has 0 aliphatic heterocycles. The average molecular weight is 414 g/mol. The molecule has 0 spiro atoms. The van der Waals surface area contributed by atoms with Gasteiger partial charge in [0.05, 0.1) is 16.9 Å². The van der Waals surface area contributed by atoms with E-state index in [0.717, 1.165) is 23.4 Å². The molecule has 1 heterocycles. The van der Waals surface area contributed by atoms with Crippen molar-refractivity contribution in [3.05, 3.63) is 81.9 Å². The van der Waals surface area contributed by atoms with Crippen LogP contribution in [0.2, 0.25) is 0 Å². The smallest absolute Gasteiger partial charge is 0.379 e. The van der Waals surface area contributed by atoms with Crippen molar-refractivity contribution in [3.8, 4) is 6.07 Å². The Morgan fingerprint density at radius 2 is 1.93 bits per heavy atom. The zero-order valence-electron chi connectivity index (χ0n) is 15.4. The summed E-state index contributed by atoms with van der Waals surface area (Å²) in [5, 5.41) is 17.7. The van der Waals surface area contributed by atoms with Crippen molar-refractivity contribution < 1.29 is 13.2 Å². The minimum Gasteiger partial charge on any atom is -0.379 e. The summed E-state index contributed by atoms with van der Waals surface area (Å²) in [4.78, 5) is 4.24. The Bertz CT molecular complexity index is 1050. The van der Waals surface area contributed by atoms with Crippen molar-refractivity contribution in [3.63, 3.8) is 0 Å². The predicted octanol–water partition coefficient (Wildman–Crippen LogP) is 6.06. The van der Waals surface area contributed by atoms with E-state index in [-0.39, 0.29) is 11.3 Å². The second-order valence-electron chi connectivity index (χ2n) is 6.21. The second kappa shape index (κ2) is 8.80. The van der Waals surface area contributed by atoms with Crippen LogP contribution in [0.4, 0.5) is 24.5 Å². The van der Waals surface area contributed by atoms with Gasteiger partial charge in [-0.05, 0) is 30.7 Å². The van der Waals surface area contributed by atoms with Gasteiger partial charge in [-0.3, -0.25) is 0 Å². The highest BCUT2D eigenvalue weighted by molar-refractivity contribution is 7.10. The number of nitriles is 1. The zero-order chi connectivity index (χ0) is 20.9. The maximum Gasteiger partial charge on any atom is 0.416 e. The van der Waals surface area contributed by atoms with Gasteiger partial charge in [-0.15, -0.1) is 11.3 Å². The molecule has 3 rings (SSSR count). The molecule has 8 heteroatoms. The summed E-state index contributed by atoms with van der Waals surface area (Å²) in [6.07, 6.45) is -3.09. The van der Waals surface area contributed by atoms with Crippen molar-refractivity contribution >= 4 is 28.3 Å². The molecule has 2 aromatic carbocycles. The maximum absolute atomic E-state index is 13.2. The molecule has 0 aliphatic rings. The summed E-state index contributed by atoms with van der Waals surface area (Å²) in [6.45, 7) is 2.25. The SMILES string of the molecule is Cc1csc(/C(C#N)=C/Nc2cc(C(F)(F)F)ccc2NCc2ccccc2)n1. The molecule has 0 atom stereocenters. The summed E-state index contributed by atoms with van der Waals surface area (Å²) in [7, 11) is 0. The van der Waals surface area contributed by atoms with Gasteiger partial charge >= 0.3 is 6.18 Å². The molecule has 0 bridgehead atoms. The van der Waals surface area contributed by atoms with Gasteiger partial charge in [0.15, 0.2) is 0 Å². The van der Waals surface area contributed by atoms with E-state index < -0.39 is 11.7 Å². The molecule has 1 aromatic heterocycles. The molecule has 0 saturated heterocycles. The van der Waals surface area contributed by atoms with Gasteiger partial charge in [-0.25, -0.2) is 4.98 Å². The van der Waals surface area contributed by atoms with Gasteiger partial charge in [0.2, 0.25) is 0 Å². The summed E-state index contributed by atoms with van der Waals surface area (Å²) in [5.74, 6) is 0. The van der Waals surface area contributed by atoms with Crippen LogP contribution in [0.1, 0.15) is 21.8 Å². The predicted molar refractivity (Wildman–Crippen MR) is 109 cm³/mol. The first kappa shape index (κ1) is 20.4. The Balaban J connectivity index is 1.89. The lowest BCUT2D eigenvalue weighted by molar-refractivity contribution is -0.137. The summed E-state index contributed by atoms with van der Waals surface area (Å²) < 4.78 is 39.5. The molecule has 0 unspecified atom stereocenters. The van der Waals surface area contributed by atoms with Gasteiger partial charge in [0, 0.05) is 23.8 Å². The molecule has 0 saturated carbocycles. The quantitative estimate of drug-likeness (QED) is 0.482. The standard InChI is InChI=1S/C21H17F3N4S/c1-14-13-29-20(28-14)16(10-25)12-27-19-9-17(21(22,23)24)7-8-18(19)26-11-15-5-3-2-4-6-15/h2-9,12-13,26-27H,11H2,1H3/b16-12+. The van der Waals surface area contributed by atoms with E-state index in [1.165, 1.54) is 23.6 Å². The second-order valence-corrected chi connectivity index (χ2v) is 7.06. The number of allylic oxidation sites excluding steroid dienone is 1. The molecule has 4 nitrogen and oxygen atoms in total. The number of benzene rings is 2. The maximum atomic E-state index is 13.2. The number of hydrogen-bond donors (Lipinski definition) is 2. The highest BCUT2D eigenvalue weighted by Crippen LogP contribution is 2.34. The summed E-state index contributed by atoms with van der Waals surface area (Å²) in [5.41, 5.74) is 1.94. The molecule has 0 aliphatic carbocycles. The fraction of sp³-hybridized carbons (Fsp3) is 0.143. The first-order valence-electron chi connectivity index (χ1n) is 8.65. The fourth-order valence-electron chi connectivity index (χ4n) is 2.56. The van der Waals surface area contributed by atoms with E-state index in [2.05, 4.69) is 15.6 Å². The number of anilines is 2. The molecular formula is C21H17F3N4S. The number of thiazole rings is 1. The summed E-state index contributed by atoms with van der Waals surface area (Å²) in [6, 6.07) is 15.0. The number of halogens is 3. The van der Waals surface area contributed by atoms with Gasteiger partial charge < -0.3 is 10.6 Å². The van der Waals surface area contributed by atoms with Crippen LogP contribution in [-0.4, -0.2) is 4.98 Å². The molecule has 2 N–H and O–H groups in total. The van der Waals surface area contributed by atoms with Crippen molar-refractivity contribution in [2.75, 3.05) is 10.6 Å². The van der Waals surface area contributed by atoms with Crippen molar-refractivity contribution in [1.82, 2.24) is 4.98 Å². The zero-order valence-corrected chi connectivity index (χ0v) is 16.2. The van der Waals surface area contributed by atoms with Crippen LogP contribution in [0.5, 0.6) is 0 Å². The third kappa shape index (κ3) is 5.36. The molecule has 0 fully saturated rings. The summed E-state index contributed by atoms with van der Waals surface area (Å²) >= 11 is 1.30. The number of aromatic nitrogens is 1. The van der Waals surface area contributed by atoms with Crippen LogP contribution in [-0.2, 0) is 12.7 Å².